The summed E-state index contributed by atoms with van der Waals surface area (Å²) in [4.78, 5) is 20.7. The number of carbonyl (C=O) groups excluding carboxylic acids is 2. The molecular weight excluding hydrogens is 172 g/mol. The zero-order chi connectivity index (χ0) is 9.23. The second-order valence-electron chi connectivity index (χ2n) is 2.93. The van der Waals surface area contributed by atoms with Crippen LogP contribution in [-0.4, -0.2) is 35.0 Å². The van der Waals surface area contributed by atoms with E-state index in [1.165, 1.54) is 13.8 Å². The van der Waals surface area contributed by atoms with Crippen molar-refractivity contribution >= 4 is 35.0 Å². The van der Waals surface area contributed by atoms with Gasteiger partial charge in [-0.3, -0.25) is 0 Å². The van der Waals surface area contributed by atoms with E-state index in [-0.39, 0.29) is 23.1 Å². The molecule has 0 spiro atoms. The van der Waals surface area contributed by atoms with Gasteiger partial charge in [0.1, 0.15) is 0 Å². The van der Waals surface area contributed by atoms with E-state index in [2.05, 4.69) is 0 Å². The minimum absolute atomic E-state index is 0. The first-order valence-electron chi connectivity index (χ1n) is 3.26. The fourth-order valence-corrected chi connectivity index (χ4v) is 0.555. The maximum atomic E-state index is 10.4. The third-order valence-corrected chi connectivity index (χ3v) is 2.00. The van der Waals surface area contributed by atoms with Crippen molar-refractivity contribution in [3.63, 3.8) is 0 Å². The maximum Gasteiger partial charge on any atom is 2.00 e. The molecule has 12 heavy (non-hydrogen) atoms. The van der Waals surface area contributed by atoms with Crippen LogP contribution in [0.15, 0.2) is 0 Å². The maximum absolute atomic E-state index is 10.4. The fraction of sp³-hybridized carbons (Fsp3) is 0.714. The normalized spacial score (nSPS) is 10.7. The van der Waals surface area contributed by atoms with Gasteiger partial charge in [-0.2, -0.15) is 0 Å². The van der Waals surface area contributed by atoms with E-state index in [0.29, 0.717) is 0 Å². The van der Waals surface area contributed by atoms with Crippen LogP contribution in [0.3, 0.4) is 0 Å². The standard InChI is InChI=1S/C7H12O4.Mg/c1-4(2)7(3,5(8)9)6(10)11;/h4H,1-3H3,(H,8,9)(H,10,11);/q;+2/p-2. The van der Waals surface area contributed by atoms with Gasteiger partial charge < -0.3 is 19.8 Å². The van der Waals surface area contributed by atoms with Gasteiger partial charge in [0.15, 0.2) is 0 Å². The van der Waals surface area contributed by atoms with E-state index in [1.807, 2.05) is 0 Å². The second-order valence-corrected chi connectivity index (χ2v) is 2.93. The summed E-state index contributed by atoms with van der Waals surface area (Å²) in [6.07, 6.45) is 0. The molecule has 0 saturated heterocycles. The third kappa shape index (κ3) is 2.35. The molecule has 0 saturated carbocycles. The van der Waals surface area contributed by atoms with Crippen molar-refractivity contribution in [3.05, 3.63) is 0 Å². The molecular formula is C7H10MgO4. The van der Waals surface area contributed by atoms with Crippen LogP contribution in [0.2, 0.25) is 0 Å². The number of hydrogen-bond donors (Lipinski definition) is 0. The molecule has 64 valence electrons. The van der Waals surface area contributed by atoms with Crippen LogP contribution in [0.1, 0.15) is 20.8 Å². The molecule has 0 radical (unpaired) electrons. The largest absolute Gasteiger partial charge is 2.00 e. The second kappa shape index (κ2) is 4.66. The number of carbonyl (C=O) groups is 2. The first-order chi connectivity index (χ1) is 4.83. The molecule has 0 aliphatic rings. The van der Waals surface area contributed by atoms with E-state index < -0.39 is 23.3 Å². The molecule has 4 nitrogen and oxygen atoms in total. The Bertz CT molecular complexity index is 174. The van der Waals surface area contributed by atoms with Crippen molar-refractivity contribution in [2.75, 3.05) is 0 Å². The van der Waals surface area contributed by atoms with Gasteiger partial charge in [0.25, 0.3) is 0 Å². The summed E-state index contributed by atoms with van der Waals surface area (Å²) in [5, 5.41) is 20.7. The molecule has 0 bridgehead atoms. The molecule has 0 aromatic carbocycles. The zero-order valence-electron chi connectivity index (χ0n) is 7.42. The topological polar surface area (TPSA) is 80.3 Å². The third-order valence-electron chi connectivity index (χ3n) is 2.00. The van der Waals surface area contributed by atoms with Crippen LogP contribution < -0.4 is 10.2 Å². The number of carboxylic acid groups (broad SMARTS) is 2. The van der Waals surface area contributed by atoms with Gasteiger partial charge in [-0.05, 0) is 12.8 Å². The van der Waals surface area contributed by atoms with Crippen LogP contribution in [0.5, 0.6) is 0 Å². The molecule has 0 rings (SSSR count). The van der Waals surface area contributed by atoms with Crippen molar-refractivity contribution < 1.29 is 19.8 Å². The molecule has 0 aromatic rings. The summed E-state index contributed by atoms with van der Waals surface area (Å²) in [6, 6.07) is 0. The number of hydrogen-bond acceptors (Lipinski definition) is 4. The van der Waals surface area contributed by atoms with Crippen molar-refractivity contribution in [1.29, 1.82) is 0 Å². The summed E-state index contributed by atoms with van der Waals surface area (Å²) in [5.41, 5.74) is -1.89. The van der Waals surface area contributed by atoms with E-state index in [4.69, 9.17) is 0 Å². The molecule has 0 aromatic heterocycles. The van der Waals surface area contributed by atoms with E-state index in [9.17, 15) is 19.8 Å². The van der Waals surface area contributed by atoms with Gasteiger partial charge in [-0.1, -0.05) is 13.8 Å². The van der Waals surface area contributed by atoms with Crippen LogP contribution >= 0.6 is 0 Å². The molecule has 0 atom stereocenters. The van der Waals surface area contributed by atoms with Crippen molar-refractivity contribution in [2.45, 2.75) is 20.8 Å². The molecule has 0 aliphatic heterocycles. The Kier molecular flexibility index (Phi) is 5.54. The predicted octanol–water partition coefficient (Wildman–Crippen LogP) is -2.23. The van der Waals surface area contributed by atoms with Gasteiger partial charge in [0.05, 0.1) is 11.9 Å². The summed E-state index contributed by atoms with van der Waals surface area (Å²) in [7, 11) is 0. The van der Waals surface area contributed by atoms with Gasteiger partial charge in [0.2, 0.25) is 0 Å². The Labute approximate surface area is 87.1 Å². The Morgan fingerprint density at radius 1 is 1.17 bits per heavy atom. The molecule has 0 N–H and O–H groups in total. The summed E-state index contributed by atoms with van der Waals surface area (Å²) in [6.45, 7) is 4.07. The number of rotatable bonds is 3. The summed E-state index contributed by atoms with van der Waals surface area (Å²) >= 11 is 0. The van der Waals surface area contributed by atoms with Crippen molar-refractivity contribution in [3.8, 4) is 0 Å². The average molecular weight is 182 g/mol. The van der Waals surface area contributed by atoms with E-state index in [1.54, 1.807) is 0 Å². The van der Waals surface area contributed by atoms with Crippen LogP contribution in [0.25, 0.3) is 0 Å². The molecule has 0 aliphatic carbocycles. The van der Waals surface area contributed by atoms with Crippen molar-refractivity contribution in [1.82, 2.24) is 0 Å². The quantitative estimate of drug-likeness (QED) is 0.365. The van der Waals surface area contributed by atoms with Gasteiger partial charge >= 0.3 is 23.1 Å². The number of aliphatic carboxylic acids is 2. The SMILES string of the molecule is CC(C)C(C)(C(=O)[O-])C(=O)[O-].[Mg+2]. The first kappa shape index (κ1) is 14.2. The number of carboxylic acids is 2. The minimum Gasteiger partial charge on any atom is -0.549 e. The van der Waals surface area contributed by atoms with Crippen LogP contribution in [0, 0.1) is 11.3 Å². The summed E-state index contributed by atoms with van der Waals surface area (Å²) in [5.74, 6) is -3.75. The predicted molar refractivity (Wildman–Crippen MR) is 38.7 cm³/mol. The Morgan fingerprint density at radius 3 is 1.42 bits per heavy atom. The molecule has 0 fully saturated rings. The summed E-state index contributed by atoms with van der Waals surface area (Å²) < 4.78 is 0. The zero-order valence-corrected chi connectivity index (χ0v) is 8.83. The van der Waals surface area contributed by atoms with E-state index in [0.717, 1.165) is 6.92 Å². The smallest absolute Gasteiger partial charge is 0.549 e. The molecule has 5 heteroatoms. The molecule has 0 heterocycles. The minimum atomic E-state index is -1.89. The monoisotopic (exact) mass is 182 g/mol. The average Bonchev–Trinajstić information content (AvgIpc) is 1.84. The van der Waals surface area contributed by atoms with Crippen LogP contribution in [0.4, 0.5) is 0 Å². The fourth-order valence-electron chi connectivity index (χ4n) is 0.555. The Hall–Kier alpha value is -0.294. The Morgan fingerprint density at radius 2 is 1.42 bits per heavy atom. The van der Waals surface area contributed by atoms with Gasteiger partial charge in [-0.25, -0.2) is 0 Å². The van der Waals surface area contributed by atoms with E-state index >= 15 is 0 Å². The molecule has 0 unspecified atom stereocenters. The van der Waals surface area contributed by atoms with Crippen molar-refractivity contribution in [2.24, 2.45) is 11.3 Å². The van der Waals surface area contributed by atoms with Gasteiger partial charge in [-0.15, -0.1) is 0 Å². The van der Waals surface area contributed by atoms with Crippen LogP contribution in [-0.2, 0) is 9.59 Å². The Balaban J connectivity index is 0. The van der Waals surface area contributed by atoms with Gasteiger partial charge in [0, 0.05) is 5.41 Å². The first-order valence-corrected chi connectivity index (χ1v) is 3.26. The molecule has 0 amide bonds.